The second-order valence-electron chi connectivity index (χ2n) is 6.41. The molecule has 5 rings (SSSR count). The second kappa shape index (κ2) is 5.14. The van der Waals surface area contributed by atoms with Crippen molar-refractivity contribution in [1.29, 1.82) is 0 Å². The van der Waals surface area contributed by atoms with E-state index in [4.69, 9.17) is 14.5 Å². The molecule has 0 saturated heterocycles. The number of hydrogen-bond acceptors (Lipinski definition) is 4. The number of rotatable bonds is 3. The zero-order chi connectivity index (χ0) is 17.0. The van der Waals surface area contributed by atoms with Crippen molar-refractivity contribution >= 4 is 22.1 Å². The molecular formula is C18H16N4O3. The Morgan fingerprint density at radius 2 is 1.84 bits per heavy atom. The number of imidazole rings is 2. The molecule has 0 saturated carbocycles. The van der Waals surface area contributed by atoms with Gasteiger partial charge in [0.15, 0.2) is 11.5 Å². The summed E-state index contributed by atoms with van der Waals surface area (Å²) in [6.07, 6.45) is 0.838. The summed E-state index contributed by atoms with van der Waals surface area (Å²) in [6, 6.07) is 9.82. The fourth-order valence-electron chi connectivity index (χ4n) is 3.31. The maximum Gasteiger partial charge on any atom is 0.323 e. The SMILES string of the molecule is CC(Cc1ccc2c(c1)OCO2)c1nc2cc3[nH]c(=O)[nH]c3cc2[nH]1. The van der Waals surface area contributed by atoms with Crippen LogP contribution in [0.3, 0.4) is 0 Å². The minimum absolute atomic E-state index is 0.209. The molecule has 0 fully saturated rings. The van der Waals surface area contributed by atoms with Gasteiger partial charge in [0.05, 0.1) is 22.1 Å². The van der Waals surface area contributed by atoms with Crippen molar-refractivity contribution in [1.82, 2.24) is 19.9 Å². The molecule has 0 bridgehead atoms. The van der Waals surface area contributed by atoms with E-state index in [1.165, 1.54) is 5.56 Å². The standard InChI is InChI=1S/C18H16N4O3/c1-9(4-10-2-3-15-16(5-10)25-8-24-15)17-19-11-6-13-14(7-12(11)20-17)22-18(23)21-13/h2-3,5-7,9H,4,8H2,1H3,(H,19,20)(H2,21,22,23). The van der Waals surface area contributed by atoms with Crippen LogP contribution in [0.5, 0.6) is 11.5 Å². The van der Waals surface area contributed by atoms with Crippen molar-refractivity contribution in [3.8, 4) is 11.5 Å². The first kappa shape index (κ1) is 14.2. The number of benzene rings is 2. The van der Waals surface area contributed by atoms with Gasteiger partial charge < -0.3 is 24.4 Å². The van der Waals surface area contributed by atoms with Crippen LogP contribution in [0.1, 0.15) is 24.2 Å². The smallest absolute Gasteiger partial charge is 0.323 e. The van der Waals surface area contributed by atoms with Crippen LogP contribution in [0.4, 0.5) is 0 Å². The van der Waals surface area contributed by atoms with Crippen LogP contribution in [0.25, 0.3) is 22.1 Å². The molecule has 3 heterocycles. The van der Waals surface area contributed by atoms with E-state index in [1.807, 2.05) is 24.3 Å². The summed E-state index contributed by atoms with van der Waals surface area (Å²) in [7, 11) is 0. The number of ether oxygens (including phenoxy) is 2. The van der Waals surface area contributed by atoms with Crippen molar-refractivity contribution in [2.45, 2.75) is 19.3 Å². The van der Waals surface area contributed by atoms with E-state index in [9.17, 15) is 4.79 Å². The largest absolute Gasteiger partial charge is 0.454 e. The summed E-state index contributed by atoms with van der Waals surface area (Å²) in [5.41, 5.74) is 4.26. The Kier molecular flexibility index (Phi) is 2.91. The molecule has 1 unspecified atom stereocenters. The van der Waals surface area contributed by atoms with Crippen LogP contribution in [0.15, 0.2) is 35.1 Å². The van der Waals surface area contributed by atoms with E-state index in [0.29, 0.717) is 0 Å². The molecule has 0 radical (unpaired) electrons. The predicted molar refractivity (Wildman–Crippen MR) is 93.3 cm³/mol. The summed E-state index contributed by atoms with van der Waals surface area (Å²) in [6.45, 7) is 2.42. The van der Waals surface area contributed by atoms with Crippen LogP contribution in [0, 0.1) is 0 Å². The first-order chi connectivity index (χ1) is 12.2. The van der Waals surface area contributed by atoms with Gasteiger partial charge in [-0.3, -0.25) is 0 Å². The molecule has 0 amide bonds. The van der Waals surface area contributed by atoms with Crippen molar-refractivity contribution in [2.24, 2.45) is 0 Å². The highest BCUT2D eigenvalue weighted by Gasteiger charge is 2.17. The van der Waals surface area contributed by atoms with Gasteiger partial charge in [-0.15, -0.1) is 0 Å². The first-order valence-corrected chi connectivity index (χ1v) is 8.16. The van der Waals surface area contributed by atoms with E-state index in [0.717, 1.165) is 45.8 Å². The zero-order valence-electron chi connectivity index (χ0n) is 13.6. The van der Waals surface area contributed by atoms with Crippen LogP contribution in [0.2, 0.25) is 0 Å². The number of aromatic nitrogens is 4. The molecule has 1 atom stereocenters. The third-order valence-corrected chi connectivity index (χ3v) is 4.58. The van der Waals surface area contributed by atoms with Crippen molar-refractivity contribution in [2.75, 3.05) is 6.79 Å². The van der Waals surface area contributed by atoms with Crippen LogP contribution in [-0.4, -0.2) is 26.7 Å². The summed E-state index contributed by atoms with van der Waals surface area (Å²) in [4.78, 5) is 25.0. The van der Waals surface area contributed by atoms with Crippen molar-refractivity contribution in [3.05, 3.63) is 52.2 Å². The molecular weight excluding hydrogens is 320 g/mol. The van der Waals surface area contributed by atoms with Gasteiger partial charge in [0, 0.05) is 5.92 Å². The van der Waals surface area contributed by atoms with E-state index in [-0.39, 0.29) is 18.4 Å². The van der Waals surface area contributed by atoms with Crippen molar-refractivity contribution in [3.63, 3.8) is 0 Å². The molecule has 2 aromatic carbocycles. The molecule has 3 N–H and O–H groups in total. The molecule has 25 heavy (non-hydrogen) atoms. The molecule has 7 heteroatoms. The van der Waals surface area contributed by atoms with Crippen LogP contribution in [-0.2, 0) is 6.42 Å². The van der Waals surface area contributed by atoms with Crippen LogP contribution < -0.4 is 15.2 Å². The summed E-state index contributed by atoms with van der Waals surface area (Å²) >= 11 is 0. The lowest BCUT2D eigenvalue weighted by Crippen LogP contribution is -2.00. The fraction of sp³-hybridized carbons (Fsp3) is 0.222. The molecule has 1 aliphatic rings. The van der Waals surface area contributed by atoms with Crippen LogP contribution >= 0.6 is 0 Å². The van der Waals surface area contributed by atoms with Gasteiger partial charge in [0.25, 0.3) is 0 Å². The number of H-pyrrole nitrogens is 3. The number of hydrogen-bond donors (Lipinski definition) is 3. The monoisotopic (exact) mass is 336 g/mol. The summed E-state index contributed by atoms with van der Waals surface area (Å²) in [5, 5.41) is 0. The lowest BCUT2D eigenvalue weighted by Gasteiger charge is -2.09. The Morgan fingerprint density at radius 3 is 2.72 bits per heavy atom. The molecule has 2 aromatic heterocycles. The van der Waals surface area contributed by atoms with E-state index in [1.54, 1.807) is 0 Å². The fourth-order valence-corrected chi connectivity index (χ4v) is 3.31. The quantitative estimate of drug-likeness (QED) is 0.536. The number of aromatic amines is 3. The van der Waals surface area contributed by atoms with Gasteiger partial charge in [-0.2, -0.15) is 0 Å². The lowest BCUT2D eigenvalue weighted by atomic mass is 10.0. The Bertz CT molecular complexity index is 1100. The topological polar surface area (TPSA) is 95.8 Å². The molecule has 126 valence electrons. The average Bonchev–Trinajstić information content (AvgIpc) is 3.27. The number of fused-ring (bicyclic) bond motifs is 3. The van der Waals surface area contributed by atoms with Gasteiger partial charge in [0.1, 0.15) is 5.82 Å². The Morgan fingerprint density at radius 1 is 1.04 bits per heavy atom. The van der Waals surface area contributed by atoms with Gasteiger partial charge in [-0.1, -0.05) is 13.0 Å². The molecule has 4 aromatic rings. The molecule has 1 aliphatic heterocycles. The minimum Gasteiger partial charge on any atom is -0.454 e. The normalized spacial score (nSPS) is 14.4. The zero-order valence-corrected chi connectivity index (χ0v) is 13.6. The Hall–Kier alpha value is -3.22. The average molecular weight is 336 g/mol. The number of nitrogens with one attached hydrogen (secondary N) is 3. The first-order valence-electron chi connectivity index (χ1n) is 8.16. The maximum atomic E-state index is 11.4. The highest BCUT2D eigenvalue weighted by Crippen LogP contribution is 2.34. The lowest BCUT2D eigenvalue weighted by molar-refractivity contribution is 0.174. The Balaban J connectivity index is 1.46. The third-order valence-electron chi connectivity index (χ3n) is 4.58. The third kappa shape index (κ3) is 2.36. The minimum atomic E-state index is -0.209. The van der Waals surface area contributed by atoms with E-state index >= 15 is 0 Å². The predicted octanol–water partition coefficient (Wildman–Crippen LogP) is 2.81. The molecule has 0 spiro atoms. The highest BCUT2D eigenvalue weighted by molar-refractivity contribution is 5.91. The van der Waals surface area contributed by atoms with Gasteiger partial charge in [0.2, 0.25) is 6.79 Å². The second-order valence-corrected chi connectivity index (χ2v) is 6.41. The molecule has 7 nitrogen and oxygen atoms in total. The van der Waals surface area contributed by atoms with Gasteiger partial charge in [-0.25, -0.2) is 9.78 Å². The van der Waals surface area contributed by atoms with Crippen molar-refractivity contribution < 1.29 is 9.47 Å². The van der Waals surface area contributed by atoms with Gasteiger partial charge in [-0.05, 0) is 36.2 Å². The summed E-state index contributed by atoms with van der Waals surface area (Å²) in [5.74, 6) is 2.73. The highest BCUT2D eigenvalue weighted by atomic mass is 16.7. The van der Waals surface area contributed by atoms with E-state index in [2.05, 4.69) is 27.9 Å². The van der Waals surface area contributed by atoms with Gasteiger partial charge >= 0.3 is 5.69 Å². The summed E-state index contributed by atoms with van der Waals surface area (Å²) < 4.78 is 10.8. The number of nitrogens with zero attached hydrogens (tertiary/aromatic N) is 1. The Labute approximate surface area is 142 Å². The van der Waals surface area contributed by atoms with E-state index < -0.39 is 0 Å². The molecule has 0 aliphatic carbocycles. The maximum absolute atomic E-state index is 11.4.